The highest BCUT2D eigenvalue weighted by Gasteiger charge is 2.15. The fraction of sp³-hybridized carbons (Fsp3) is 0. The van der Waals surface area contributed by atoms with Crippen LogP contribution in [-0.4, -0.2) is 21.7 Å². The number of amides is 2. The van der Waals surface area contributed by atoms with Crippen molar-refractivity contribution in [3.05, 3.63) is 82.4 Å². The summed E-state index contributed by atoms with van der Waals surface area (Å²) < 4.78 is 14.7. The molecule has 0 aliphatic rings. The van der Waals surface area contributed by atoms with Gasteiger partial charge in [-0.1, -0.05) is 12.1 Å². The van der Waals surface area contributed by atoms with E-state index >= 15 is 0 Å². The molecule has 0 aliphatic heterocycles. The van der Waals surface area contributed by atoms with Crippen LogP contribution in [0, 0.1) is 5.82 Å². The summed E-state index contributed by atoms with van der Waals surface area (Å²) in [5, 5.41) is 11.7. The second-order valence-electron chi connectivity index (χ2n) is 5.65. The highest BCUT2D eigenvalue weighted by atomic mass is 19.1. The summed E-state index contributed by atoms with van der Waals surface area (Å²) in [4.78, 5) is 34.4. The van der Waals surface area contributed by atoms with Gasteiger partial charge in [-0.05, 0) is 42.0 Å². The average Bonchev–Trinajstić information content (AvgIpc) is 2.62. The van der Waals surface area contributed by atoms with Crippen LogP contribution in [0.3, 0.4) is 0 Å². The van der Waals surface area contributed by atoms with Crippen molar-refractivity contribution in [3.8, 4) is 16.9 Å². The van der Waals surface area contributed by atoms with E-state index in [1.54, 1.807) is 24.3 Å². The summed E-state index contributed by atoms with van der Waals surface area (Å²) >= 11 is 0. The number of urea groups is 1. The van der Waals surface area contributed by atoms with E-state index in [1.165, 1.54) is 41.1 Å². The Morgan fingerprint density at radius 3 is 2.22 bits per heavy atom. The number of anilines is 1. The van der Waals surface area contributed by atoms with Crippen molar-refractivity contribution in [2.24, 2.45) is 5.73 Å². The molecule has 1 aromatic heterocycles. The van der Waals surface area contributed by atoms with Crippen molar-refractivity contribution in [1.82, 2.24) is 4.57 Å². The molecule has 2 aromatic carbocycles. The van der Waals surface area contributed by atoms with Crippen LogP contribution in [0.5, 0.6) is 0 Å². The number of aromatic carboxylic acids is 1. The van der Waals surface area contributed by atoms with Crippen LogP contribution in [0.2, 0.25) is 0 Å². The second kappa shape index (κ2) is 7.12. The summed E-state index contributed by atoms with van der Waals surface area (Å²) in [6.45, 7) is 0. The van der Waals surface area contributed by atoms with Crippen LogP contribution in [0.15, 0.2) is 65.6 Å². The number of benzene rings is 2. The van der Waals surface area contributed by atoms with E-state index in [0.29, 0.717) is 22.6 Å². The van der Waals surface area contributed by atoms with Crippen molar-refractivity contribution in [2.75, 3.05) is 5.32 Å². The second-order valence-corrected chi connectivity index (χ2v) is 5.65. The Kier molecular flexibility index (Phi) is 4.71. The van der Waals surface area contributed by atoms with Crippen molar-refractivity contribution in [3.63, 3.8) is 0 Å². The topological polar surface area (TPSA) is 114 Å². The van der Waals surface area contributed by atoms with Crippen LogP contribution in [0.25, 0.3) is 16.9 Å². The number of nitrogens with one attached hydrogen (secondary N) is 1. The monoisotopic (exact) mass is 367 g/mol. The van der Waals surface area contributed by atoms with Gasteiger partial charge in [0.1, 0.15) is 11.4 Å². The Labute approximate surface area is 152 Å². The number of rotatable bonds is 4. The summed E-state index contributed by atoms with van der Waals surface area (Å²) in [6.07, 6.45) is 1.20. The summed E-state index contributed by atoms with van der Waals surface area (Å²) in [5.41, 5.74) is 5.94. The lowest BCUT2D eigenvalue weighted by atomic mass is 10.1. The number of carbonyl (C=O) groups is 2. The Bertz CT molecular complexity index is 1070. The van der Waals surface area contributed by atoms with Gasteiger partial charge in [-0.25, -0.2) is 14.0 Å². The molecule has 0 unspecified atom stereocenters. The van der Waals surface area contributed by atoms with E-state index in [2.05, 4.69) is 5.32 Å². The molecule has 0 atom stereocenters. The quantitative estimate of drug-likeness (QED) is 0.658. The largest absolute Gasteiger partial charge is 0.477 e. The first-order valence-electron chi connectivity index (χ1n) is 7.78. The Morgan fingerprint density at radius 2 is 1.67 bits per heavy atom. The van der Waals surface area contributed by atoms with Gasteiger partial charge in [-0.15, -0.1) is 0 Å². The van der Waals surface area contributed by atoms with E-state index in [9.17, 15) is 23.9 Å². The number of pyridine rings is 1. The molecule has 0 aliphatic carbocycles. The predicted octanol–water partition coefficient (Wildman–Crippen LogP) is 2.83. The van der Waals surface area contributed by atoms with Crippen LogP contribution >= 0.6 is 0 Å². The maximum absolute atomic E-state index is 13.2. The lowest BCUT2D eigenvalue weighted by Gasteiger charge is -2.15. The molecule has 4 N–H and O–H groups in total. The molecule has 3 rings (SSSR count). The first-order valence-corrected chi connectivity index (χ1v) is 7.78. The van der Waals surface area contributed by atoms with Gasteiger partial charge in [0.05, 0.1) is 5.69 Å². The maximum Gasteiger partial charge on any atom is 0.341 e. The minimum absolute atomic E-state index is 0.405. The standard InChI is InChI=1S/C19H14FN3O4/c20-12-3-7-14(8-4-12)23-10-15(18(25)26)17(24)9-16(23)11-1-5-13(6-2-11)22-19(21)27/h1-10H,(H,25,26)(H3,21,22,27). The van der Waals surface area contributed by atoms with Gasteiger partial charge in [0.15, 0.2) is 5.43 Å². The minimum Gasteiger partial charge on any atom is -0.477 e. The van der Waals surface area contributed by atoms with Crippen LogP contribution in [-0.2, 0) is 0 Å². The van der Waals surface area contributed by atoms with Crippen LogP contribution in [0.4, 0.5) is 14.9 Å². The van der Waals surface area contributed by atoms with Gasteiger partial charge in [0.25, 0.3) is 0 Å². The van der Waals surface area contributed by atoms with Crippen molar-refractivity contribution >= 4 is 17.7 Å². The van der Waals surface area contributed by atoms with Gasteiger partial charge in [-0.3, -0.25) is 4.79 Å². The third kappa shape index (κ3) is 3.84. The first kappa shape index (κ1) is 17.9. The van der Waals surface area contributed by atoms with E-state index in [1.807, 2.05) is 0 Å². The molecular weight excluding hydrogens is 353 g/mol. The van der Waals surface area contributed by atoms with Crippen molar-refractivity contribution in [1.29, 1.82) is 0 Å². The summed E-state index contributed by atoms with van der Waals surface area (Å²) in [7, 11) is 0. The molecule has 1 heterocycles. The van der Waals surface area contributed by atoms with E-state index in [-0.39, 0.29) is 0 Å². The van der Waals surface area contributed by atoms with E-state index < -0.39 is 28.8 Å². The highest BCUT2D eigenvalue weighted by Crippen LogP contribution is 2.24. The molecule has 0 radical (unpaired) electrons. The average molecular weight is 367 g/mol. The zero-order valence-corrected chi connectivity index (χ0v) is 13.8. The van der Waals surface area contributed by atoms with Gasteiger partial charge in [-0.2, -0.15) is 0 Å². The van der Waals surface area contributed by atoms with Gasteiger partial charge >= 0.3 is 12.0 Å². The number of carboxylic acid groups (broad SMARTS) is 1. The molecule has 136 valence electrons. The molecule has 27 heavy (non-hydrogen) atoms. The normalized spacial score (nSPS) is 10.4. The lowest BCUT2D eigenvalue weighted by molar-refractivity contribution is 0.0695. The lowest BCUT2D eigenvalue weighted by Crippen LogP contribution is -2.19. The molecule has 2 amide bonds. The number of primary amides is 1. The zero-order chi connectivity index (χ0) is 19.6. The van der Waals surface area contributed by atoms with Crippen LogP contribution in [0.1, 0.15) is 10.4 Å². The Hall–Kier alpha value is -3.94. The third-order valence-corrected chi connectivity index (χ3v) is 3.83. The van der Waals surface area contributed by atoms with Crippen molar-refractivity contribution in [2.45, 2.75) is 0 Å². The summed E-state index contributed by atoms with van der Waals surface area (Å²) in [6, 6.07) is 12.3. The number of aromatic nitrogens is 1. The molecule has 8 heteroatoms. The number of hydrogen-bond donors (Lipinski definition) is 3. The minimum atomic E-state index is -1.36. The number of nitrogens with two attached hydrogens (primary N) is 1. The van der Waals surface area contributed by atoms with E-state index in [0.717, 1.165) is 0 Å². The maximum atomic E-state index is 13.2. The smallest absolute Gasteiger partial charge is 0.341 e. The highest BCUT2D eigenvalue weighted by molar-refractivity contribution is 5.89. The molecule has 0 saturated heterocycles. The van der Waals surface area contributed by atoms with Crippen LogP contribution < -0.4 is 16.5 Å². The van der Waals surface area contributed by atoms with Gasteiger partial charge in [0, 0.05) is 23.6 Å². The predicted molar refractivity (Wildman–Crippen MR) is 97.6 cm³/mol. The fourth-order valence-corrected chi connectivity index (χ4v) is 2.60. The molecular formula is C19H14FN3O4. The van der Waals surface area contributed by atoms with Crippen molar-refractivity contribution < 1.29 is 19.1 Å². The van der Waals surface area contributed by atoms with Gasteiger partial charge in [0.2, 0.25) is 0 Å². The molecule has 0 bridgehead atoms. The third-order valence-electron chi connectivity index (χ3n) is 3.83. The number of halogens is 1. The number of nitrogens with zero attached hydrogens (tertiary/aromatic N) is 1. The number of hydrogen-bond acceptors (Lipinski definition) is 3. The van der Waals surface area contributed by atoms with Gasteiger partial charge < -0.3 is 20.7 Å². The Morgan fingerprint density at radius 1 is 1.04 bits per heavy atom. The SMILES string of the molecule is NC(=O)Nc1ccc(-c2cc(=O)c(C(=O)O)cn2-c2ccc(F)cc2)cc1. The molecule has 0 saturated carbocycles. The number of carbonyl (C=O) groups excluding carboxylic acids is 1. The molecule has 0 spiro atoms. The molecule has 7 nitrogen and oxygen atoms in total. The van der Waals surface area contributed by atoms with E-state index in [4.69, 9.17) is 5.73 Å². The first-order chi connectivity index (χ1) is 12.8. The molecule has 3 aromatic rings. The molecule has 0 fully saturated rings. The summed E-state index contributed by atoms with van der Waals surface area (Å²) in [5.74, 6) is -1.80. The Balaban J connectivity index is 2.17. The number of carboxylic acids is 1. The zero-order valence-electron chi connectivity index (χ0n) is 13.8. The fourth-order valence-electron chi connectivity index (χ4n) is 2.60.